The molecule has 4 rings (SSSR count). The van der Waals surface area contributed by atoms with E-state index in [-0.39, 0.29) is 0 Å². The van der Waals surface area contributed by atoms with Crippen molar-refractivity contribution in [3.63, 3.8) is 0 Å². The molecule has 1 unspecified atom stereocenters. The van der Waals surface area contributed by atoms with E-state index in [1.54, 1.807) is 11.3 Å². The lowest BCUT2D eigenvalue weighted by atomic mass is 9.98. The standard InChI is InChI=1S/C17H20N4S/c1-11-5-3-7-14-15(11)20-16(19-14)13-6-4-8-21(9-13)17-18-12(2)10-22-17/h3,5,7,10,13H,4,6,8-9H2,1-2H3,(H,19,20). The molecule has 1 aliphatic heterocycles. The van der Waals surface area contributed by atoms with Crippen LogP contribution in [0.3, 0.4) is 0 Å². The molecule has 0 spiro atoms. The molecular formula is C17H20N4S. The molecule has 2 aromatic heterocycles. The SMILES string of the molecule is Cc1csc(N2CCCC(c3nc4c(C)cccc4[nH]3)C2)n1. The van der Waals surface area contributed by atoms with Gasteiger partial charge in [0.1, 0.15) is 5.82 Å². The first kappa shape index (κ1) is 13.8. The van der Waals surface area contributed by atoms with E-state index < -0.39 is 0 Å². The Morgan fingerprint density at radius 2 is 2.18 bits per heavy atom. The fourth-order valence-electron chi connectivity index (χ4n) is 3.25. The third kappa shape index (κ3) is 2.39. The number of rotatable bonds is 2. The Labute approximate surface area is 134 Å². The van der Waals surface area contributed by atoms with Gasteiger partial charge in [-0.1, -0.05) is 12.1 Å². The topological polar surface area (TPSA) is 44.8 Å². The van der Waals surface area contributed by atoms with E-state index in [1.807, 2.05) is 0 Å². The van der Waals surface area contributed by atoms with Crippen LogP contribution in [0.5, 0.6) is 0 Å². The highest BCUT2D eigenvalue weighted by molar-refractivity contribution is 7.13. The van der Waals surface area contributed by atoms with Crippen LogP contribution in [-0.4, -0.2) is 28.0 Å². The van der Waals surface area contributed by atoms with Crippen LogP contribution in [0.25, 0.3) is 11.0 Å². The van der Waals surface area contributed by atoms with E-state index in [0.717, 1.165) is 40.8 Å². The van der Waals surface area contributed by atoms with Gasteiger partial charge in [-0.15, -0.1) is 11.3 Å². The molecule has 114 valence electrons. The molecule has 0 amide bonds. The minimum atomic E-state index is 0.463. The Morgan fingerprint density at radius 1 is 1.27 bits per heavy atom. The van der Waals surface area contributed by atoms with Crippen LogP contribution in [0.4, 0.5) is 5.13 Å². The van der Waals surface area contributed by atoms with Gasteiger partial charge in [0.25, 0.3) is 0 Å². The smallest absolute Gasteiger partial charge is 0.185 e. The minimum absolute atomic E-state index is 0.463. The summed E-state index contributed by atoms with van der Waals surface area (Å²) in [5, 5.41) is 3.28. The van der Waals surface area contributed by atoms with Gasteiger partial charge in [-0.2, -0.15) is 0 Å². The van der Waals surface area contributed by atoms with E-state index in [4.69, 9.17) is 4.98 Å². The predicted molar refractivity (Wildman–Crippen MR) is 91.9 cm³/mol. The van der Waals surface area contributed by atoms with Crippen molar-refractivity contribution in [3.05, 3.63) is 40.7 Å². The summed E-state index contributed by atoms with van der Waals surface area (Å²) in [5.41, 5.74) is 4.61. The number of aryl methyl sites for hydroxylation is 2. The first-order valence-electron chi connectivity index (χ1n) is 7.83. The first-order valence-corrected chi connectivity index (χ1v) is 8.71. The lowest BCUT2D eigenvalue weighted by molar-refractivity contribution is 0.494. The van der Waals surface area contributed by atoms with Crippen LogP contribution in [-0.2, 0) is 0 Å². The number of H-pyrrole nitrogens is 1. The number of hydrogen-bond acceptors (Lipinski definition) is 4. The Balaban J connectivity index is 1.62. The van der Waals surface area contributed by atoms with E-state index >= 15 is 0 Å². The maximum absolute atomic E-state index is 4.87. The number of imidazole rings is 1. The number of aromatic amines is 1. The van der Waals surface area contributed by atoms with Gasteiger partial charge in [0.05, 0.1) is 16.7 Å². The molecule has 0 saturated carbocycles. The monoisotopic (exact) mass is 312 g/mol. The molecule has 0 aliphatic carbocycles. The first-order chi connectivity index (χ1) is 10.7. The number of hydrogen-bond donors (Lipinski definition) is 1. The average molecular weight is 312 g/mol. The van der Waals surface area contributed by atoms with Crippen molar-refractivity contribution in [2.24, 2.45) is 0 Å². The number of thiazole rings is 1. The van der Waals surface area contributed by atoms with Crippen LogP contribution in [0.1, 0.15) is 35.8 Å². The molecule has 3 aromatic rings. The average Bonchev–Trinajstić information content (AvgIpc) is 3.14. The molecule has 22 heavy (non-hydrogen) atoms. The zero-order valence-electron chi connectivity index (χ0n) is 13.0. The number of fused-ring (bicyclic) bond motifs is 1. The van der Waals surface area contributed by atoms with Gasteiger partial charge in [0.15, 0.2) is 5.13 Å². The largest absolute Gasteiger partial charge is 0.347 e. The molecule has 4 nitrogen and oxygen atoms in total. The zero-order valence-corrected chi connectivity index (χ0v) is 13.8. The molecular weight excluding hydrogens is 292 g/mol. The number of aromatic nitrogens is 3. The highest BCUT2D eigenvalue weighted by atomic mass is 32.1. The van der Waals surface area contributed by atoms with Crippen molar-refractivity contribution >= 4 is 27.5 Å². The third-order valence-electron chi connectivity index (χ3n) is 4.42. The summed E-state index contributed by atoms with van der Waals surface area (Å²) in [5.74, 6) is 1.59. The third-order valence-corrected chi connectivity index (χ3v) is 5.44. The normalized spacial score (nSPS) is 19.0. The summed E-state index contributed by atoms with van der Waals surface area (Å²) in [6.07, 6.45) is 2.39. The van der Waals surface area contributed by atoms with Gasteiger partial charge in [0, 0.05) is 24.4 Å². The van der Waals surface area contributed by atoms with Crippen molar-refractivity contribution < 1.29 is 0 Å². The highest BCUT2D eigenvalue weighted by Gasteiger charge is 2.25. The molecule has 0 radical (unpaired) electrons. The Kier molecular flexibility index (Phi) is 3.37. The number of benzene rings is 1. The Hall–Kier alpha value is -1.88. The summed E-state index contributed by atoms with van der Waals surface area (Å²) in [6.45, 7) is 6.29. The maximum atomic E-state index is 4.87. The number of piperidine rings is 1. The van der Waals surface area contributed by atoms with Crippen LogP contribution >= 0.6 is 11.3 Å². The molecule has 1 atom stereocenters. The summed E-state index contributed by atoms with van der Waals surface area (Å²) in [6, 6.07) is 6.33. The Bertz CT molecular complexity index is 804. The number of nitrogens with zero attached hydrogens (tertiary/aromatic N) is 3. The van der Waals surface area contributed by atoms with Gasteiger partial charge in [-0.05, 0) is 38.3 Å². The van der Waals surface area contributed by atoms with Crippen LogP contribution in [0, 0.1) is 13.8 Å². The van der Waals surface area contributed by atoms with Crippen molar-refractivity contribution in [1.82, 2.24) is 15.0 Å². The van der Waals surface area contributed by atoms with Gasteiger partial charge < -0.3 is 9.88 Å². The van der Waals surface area contributed by atoms with E-state index in [2.05, 4.69) is 52.3 Å². The van der Waals surface area contributed by atoms with Gasteiger partial charge >= 0.3 is 0 Å². The second-order valence-corrected chi connectivity index (χ2v) is 6.99. The summed E-state index contributed by atoms with van der Waals surface area (Å²) < 4.78 is 0. The molecule has 1 aliphatic rings. The van der Waals surface area contributed by atoms with Crippen LogP contribution in [0.15, 0.2) is 23.6 Å². The molecule has 1 aromatic carbocycles. The van der Waals surface area contributed by atoms with E-state index in [9.17, 15) is 0 Å². The van der Waals surface area contributed by atoms with Gasteiger partial charge in [-0.25, -0.2) is 9.97 Å². The van der Waals surface area contributed by atoms with Crippen LogP contribution < -0.4 is 4.90 Å². The summed E-state index contributed by atoms with van der Waals surface area (Å²) in [7, 11) is 0. The molecule has 1 N–H and O–H groups in total. The van der Waals surface area contributed by atoms with Gasteiger partial charge in [-0.3, -0.25) is 0 Å². The van der Waals surface area contributed by atoms with Crippen LogP contribution in [0.2, 0.25) is 0 Å². The molecule has 1 saturated heterocycles. The lowest BCUT2D eigenvalue weighted by Crippen LogP contribution is -2.34. The van der Waals surface area contributed by atoms with Gasteiger partial charge in [0.2, 0.25) is 0 Å². The fourth-order valence-corrected chi connectivity index (χ4v) is 4.09. The van der Waals surface area contributed by atoms with Crippen molar-refractivity contribution in [3.8, 4) is 0 Å². The summed E-state index contributed by atoms with van der Waals surface area (Å²) >= 11 is 1.74. The van der Waals surface area contributed by atoms with Crippen molar-refractivity contribution in [1.29, 1.82) is 0 Å². The predicted octanol–water partition coefficient (Wildman–Crippen LogP) is 4.02. The number of anilines is 1. The van der Waals surface area contributed by atoms with Crippen molar-refractivity contribution in [2.45, 2.75) is 32.6 Å². The molecule has 5 heteroatoms. The van der Waals surface area contributed by atoms with E-state index in [0.29, 0.717) is 5.92 Å². The maximum Gasteiger partial charge on any atom is 0.185 e. The quantitative estimate of drug-likeness (QED) is 0.777. The minimum Gasteiger partial charge on any atom is -0.347 e. The Morgan fingerprint density at radius 3 is 2.95 bits per heavy atom. The number of nitrogens with one attached hydrogen (secondary N) is 1. The molecule has 1 fully saturated rings. The second-order valence-electron chi connectivity index (χ2n) is 6.15. The number of para-hydroxylation sites is 1. The molecule has 3 heterocycles. The molecule has 0 bridgehead atoms. The van der Waals surface area contributed by atoms with Crippen molar-refractivity contribution in [2.75, 3.05) is 18.0 Å². The highest BCUT2D eigenvalue weighted by Crippen LogP contribution is 2.31. The fraction of sp³-hybridized carbons (Fsp3) is 0.412. The zero-order chi connectivity index (χ0) is 15.1. The van der Waals surface area contributed by atoms with E-state index in [1.165, 1.54) is 18.4 Å². The summed E-state index contributed by atoms with van der Waals surface area (Å²) in [4.78, 5) is 15.4. The second kappa shape index (κ2) is 5.39. The lowest BCUT2D eigenvalue weighted by Gasteiger charge is -2.31.